The summed E-state index contributed by atoms with van der Waals surface area (Å²) in [6.07, 6.45) is -13.2. The van der Waals surface area contributed by atoms with E-state index >= 15 is 0 Å². The van der Waals surface area contributed by atoms with Gasteiger partial charge in [0.2, 0.25) is 17.7 Å². The van der Waals surface area contributed by atoms with Gasteiger partial charge in [0.15, 0.2) is 12.6 Å². The van der Waals surface area contributed by atoms with E-state index < -0.39 is 73.9 Å². The van der Waals surface area contributed by atoms with E-state index in [0.29, 0.717) is 68.2 Å². The smallest absolute Gasteiger partial charge is 0.227 e. The summed E-state index contributed by atoms with van der Waals surface area (Å²) in [6, 6.07) is -1.33. The maximum atomic E-state index is 13.1. The summed E-state index contributed by atoms with van der Waals surface area (Å²) in [5.74, 6) is 1.51. The van der Waals surface area contributed by atoms with Crippen LogP contribution in [0.15, 0.2) is 5.11 Å². The van der Waals surface area contributed by atoms with Crippen LogP contribution in [-0.4, -0.2) is 176 Å². The first-order valence-corrected chi connectivity index (χ1v) is 18.5. The number of rotatable bonds is 21. The Labute approximate surface area is 309 Å². The standard InChI is InChI=1S/C33H50N6O15/c1-13(41)38-22-24(43)27(14(11-40)52-28(22)46)54-29-26(45)25(44)23(42)15(53-29)12-51-10-9-50-8-7-49-6-5-36-31(48)33-19-16-20(33)18-21(33)17(19)32(16,18)30(47)35-3-2-4-37-39-34/h14-29,40,42-46H,2-12H2,1H3,(H,35,47)(H,36,48)(H,38,41)/t14-,15-,16?,17?,18?,19?,20?,21?,22-,23-,24-,25+,26+,27-,28?,29+,32?,33?/m1/s1. The predicted molar refractivity (Wildman–Crippen MR) is 176 cm³/mol. The summed E-state index contributed by atoms with van der Waals surface area (Å²) in [7, 11) is 0. The molecule has 2 aliphatic heterocycles. The van der Waals surface area contributed by atoms with Gasteiger partial charge in [-0.15, -0.1) is 0 Å². The van der Waals surface area contributed by atoms with Crippen LogP contribution < -0.4 is 16.0 Å². The van der Waals surface area contributed by atoms with Crippen LogP contribution in [0.3, 0.4) is 0 Å². The van der Waals surface area contributed by atoms with Crippen molar-refractivity contribution in [2.45, 2.75) is 74.7 Å². The number of nitrogens with zero attached hydrogens (tertiary/aromatic N) is 3. The molecule has 1 unspecified atom stereocenters. The zero-order valence-corrected chi connectivity index (χ0v) is 29.7. The number of hydrogen-bond donors (Lipinski definition) is 9. The molecule has 2 heterocycles. The Kier molecular flexibility index (Phi) is 11.4. The first kappa shape index (κ1) is 39.5. The average molecular weight is 771 g/mol. The summed E-state index contributed by atoms with van der Waals surface area (Å²) in [4.78, 5) is 40.3. The third kappa shape index (κ3) is 5.83. The molecule has 21 heteroatoms. The van der Waals surface area contributed by atoms with Gasteiger partial charge in [-0.3, -0.25) is 14.4 Å². The summed E-state index contributed by atoms with van der Waals surface area (Å²) < 4.78 is 33.2. The molecule has 3 amide bonds. The minimum absolute atomic E-state index is 0.0729. The molecule has 0 aromatic rings. The van der Waals surface area contributed by atoms with Gasteiger partial charge in [0, 0.05) is 31.5 Å². The maximum Gasteiger partial charge on any atom is 0.227 e. The number of nitrogens with one attached hydrogen (secondary N) is 3. The Hall–Kier alpha value is -2.76. The van der Waals surface area contributed by atoms with Crippen LogP contribution in [-0.2, 0) is 42.8 Å². The van der Waals surface area contributed by atoms with E-state index in [1.165, 1.54) is 0 Å². The molecule has 10 atom stereocenters. The van der Waals surface area contributed by atoms with E-state index in [2.05, 4.69) is 26.0 Å². The third-order valence-corrected chi connectivity index (χ3v) is 13.0. The average Bonchev–Trinajstić information content (AvgIpc) is 3.16. The molecule has 9 N–H and O–H groups in total. The molecule has 6 aliphatic carbocycles. The molecule has 0 aromatic carbocycles. The minimum atomic E-state index is -1.77. The van der Waals surface area contributed by atoms with Crippen LogP contribution in [0.25, 0.3) is 10.4 Å². The SMILES string of the molecule is CC(=O)N[C@H]1C(O)O[C@H](CO)[C@@H](O[C@@H]2O[C@H](COCCOCCOCCNC(=O)C34C5C6C3C3C4C5C63C(=O)NCCCN=[N+]=[N-])[C@@H](O)[C@H](O)[C@@H]2O)[C@@H]1O. The van der Waals surface area contributed by atoms with E-state index in [4.69, 9.17) is 34.0 Å². The number of carbonyl (C=O) groups is 3. The van der Waals surface area contributed by atoms with Gasteiger partial charge in [-0.25, -0.2) is 0 Å². The molecule has 54 heavy (non-hydrogen) atoms. The lowest BCUT2D eigenvalue weighted by atomic mass is 8.92. The molecule has 6 saturated carbocycles. The zero-order valence-electron chi connectivity index (χ0n) is 29.7. The summed E-state index contributed by atoms with van der Waals surface area (Å²) in [6.45, 7) is 2.53. The van der Waals surface area contributed by atoms with Crippen molar-refractivity contribution in [3.63, 3.8) is 0 Å². The quantitative estimate of drug-likeness (QED) is 0.0230. The van der Waals surface area contributed by atoms with Crippen molar-refractivity contribution < 1.29 is 73.4 Å². The summed E-state index contributed by atoms with van der Waals surface area (Å²) in [5.41, 5.74) is 7.84. The van der Waals surface area contributed by atoms with Gasteiger partial charge in [0.1, 0.15) is 48.8 Å². The number of aliphatic hydroxyl groups is 6. The third-order valence-electron chi connectivity index (χ3n) is 13.0. The Bertz CT molecular complexity index is 1410. The molecular weight excluding hydrogens is 720 g/mol. The fraction of sp³-hybridized carbons (Fsp3) is 0.909. The van der Waals surface area contributed by atoms with Gasteiger partial charge in [0.25, 0.3) is 0 Å². The zero-order chi connectivity index (χ0) is 38.5. The minimum Gasteiger partial charge on any atom is -0.394 e. The van der Waals surface area contributed by atoms with Gasteiger partial charge in [-0.2, -0.15) is 0 Å². The second kappa shape index (κ2) is 15.6. The number of amides is 3. The second-order valence-corrected chi connectivity index (χ2v) is 15.2. The van der Waals surface area contributed by atoms with E-state index in [0.717, 1.165) is 6.92 Å². The summed E-state index contributed by atoms with van der Waals surface area (Å²) >= 11 is 0. The van der Waals surface area contributed by atoms with Crippen molar-refractivity contribution in [1.82, 2.24) is 16.0 Å². The number of aliphatic hydroxyl groups excluding tert-OH is 6. The molecule has 302 valence electrons. The van der Waals surface area contributed by atoms with Crippen LogP contribution in [0.2, 0.25) is 0 Å². The van der Waals surface area contributed by atoms with Crippen LogP contribution in [0, 0.1) is 46.3 Å². The molecular formula is C33H50N6O15. The molecule has 8 aliphatic rings. The second-order valence-electron chi connectivity index (χ2n) is 15.2. The van der Waals surface area contributed by atoms with Crippen LogP contribution in [0.5, 0.6) is 0 Å². The van der Waals surface area contributed by atoms with Crippen molar-refractivity contribution >= 4 is 17.7 Å². The molecule has 0 radical (unpaired) electrons. The van der Waals surface area contributed by atoms with Crippen molar-refractivity contribution in [3.05, 3.63) is 10.4 Å². The molecule has 2 saturated heterocycles. The largest absolute Gasteiger partial charge is 0.394 e. The molecule has 8 fully saturated rings. The monoisotopic (exact) mass is 770 g/mol. The number of hydrogen-bond acceptors (Lipinski definition) is 16. The van der Waals surface area contributed by atoms with Crippen molar-refractivity contribution in [3.8, 4) is 0 Å². The molecule has 0 bridgehead atoms. The Morgan fingerprint density at radius 2 is 1.33 bits per heavy atom. The van der Waals surface area contributed by atoms with Crippen LogP contribution >= 0.6 is 0 Å². The lowest BCUT2D eigenvalue weighted by Crippen LogP contribution is -3.12. The Morgan fingerprint density at radius 3 is 1.91 bits per heavy atom. The van der Waals surface area contributed by atoms with Crippen LogP contribution in [0.4, 0.5) is 0 Å². The van der Waals surface area contributed by atoms with Crippen molar-refractivity contribution in [1.29, 1.82) is 0 Å². The van der Waals surface area contributed by atoms with Gasteiger partial charge < -0.3 is 75.0 Å². The highest BCUT2D eigenvalue weighted by molar-refractivity contribution is 6.00. The predicted octanol–water partition coefficient (Wildman–Crippen LogP) is -4.53. The van der Waals surface area contributed by atoms with Gasteiger partial charge in [0.05, 0.1) is 57.1 Å². The van der Waals surface area contributed by atoms with Gasteiger partial charge in [-0.05, 0) is 47.5 Å². The number of ether oxygens (including phenoxy) is 6. The van der Waals surface area contributed by atoms with Crippen molar-refractivity contribution in [2.75, 3.05) is 65.9 Å². The lowest BCUT2D eigenvalue weighted by molar-refractivity contribution is -0.624. The van der Waals surface area contributed by atoms with Crippen molar-refractivity contribution in [2.24, 2.45) is 51.5 Å². The lowest BCUT2D eigenvalue weighted by Gasteiger charge is -3.09. The van der Waals surface area contributed by atoms with Gasteiger partial charge >= 0.3 is 0 Å². The first-order valence-electron chi connectivity index (χ1n) is 18.5. The summed E-state index contributed by atoms with van der Waals surface area (Å²) in [5, 5.41) is 73.9. The van der Waals surface area contributed by atoms with Crippen LogP contribution in [0.1, 0.15) is 13.3 Å². The highest BCUT2D eigenvalue weighted by Gasteiger charge is 3.12. The van der Waals surface area contributed by atoms with Gasteiger partial charge in [-0.1, -0.05) is 5.11 Å². The highest BCUT2D eigenvalue weighted by Crippen LogP contribution is 3.10. The van der Waals surface area contributed by atoms with E-state index in [9.17, 15) is 45.0 Å². The highest BCUT2D eigenvalue weighted by atomic mass is 16.7. The fourth-order valence-corrected chi connectivity index (χ4v) is 11.0. The topological polar surface area (TPSA) is 313 Å². The Balaban J connectivity index is 0.739. The molecule has 0 aromatic heterocycles. The number of carbonyl (C=O) groups excluding carboxylic acids is 3. The van der Waals surface area contributed by atoms with E-state index in [-0.39, 0.29) is 55.7 Å². The normalized spacial score (nSPS) is 45.5. The fourth-order valence-electron chi connectivity index (χ4n) is 11.0. The van der Waals surface area contributed by atoms with E-state index in [1.54, 1.807) is 0 Å². The molecule has 8 rings (SSSR count). The maximum absolute atomic E-state index is 13.1. The first-order chi connectivity index (χ1) is 26.0. The number of azide groups is 1. The molecule has 21 nitrogen and oxygen atoms in total. The Morgan fingerprint density at radius 1 is 0.759 bits per heavy atom. The molecule has 0 spiro atoms. The van der Waals surface area contributed by atoms with E-state index in [1.807, 2.05) is 0 Å².